The van der Waals surface area contributed by atoms with E-state index in [-0.39, 0.29) is 17.7 Å². The zero-order valence-corrected chi connectivity index (χ0v) is 9.55. The van der Waals surface area contributed by atoms with Crippen LogP contribution < -0.4 is 0 Å². The average Bonchev–Trinajstić information content (AvgIpc) is 2.08. The van der Waals surface area contributed by atoms with E-state index in [9.17, 15) is 8.42 Å². The van der Waals surface area contributed by atoms with Crippen molar-refractivity contribution in [2.24, 2.45) is 5.92 Å². The molecule has 0 aromatic carbocycles. The van der Waals surface area contributed by atoms with Crippen LogP contribution in [0.15, 0.2) is 0 Å². The molecule has 3 nitrogen and oxygen atoms in total. The van der Waals surface area contributed by atoms with Crippen molar-refractivity contribution in [3.8, 4) is 12.3 Å². The predicted molar refractivity (Wildman–Crippen MR) is 57.2 cm³/mol. The number of hydrogen-bond donors (Lipinski definition) is 0. The summed E-state index contributed by atoms with van der Waals surface area (Å²) in [5.74, 6) is 3.00. The Morgan fingerprint density at radius 3 is 2.43 bits per heavy atom. The van der Waals surface area contributed by atoms with Crippen LogP contribution in [0.5, 0.6) is 0 Å². The normalized spacial score (nSPS) is 24.4. The van der Waals surface area contributed by atoms with Gasteiger partial charge in [0.1, 0.15) is 0 Å². The lowest BCUT2D eigenvalue weighted by Crippen LogP contribution is -2.46. The summed E-state index contributed by atoms with van der Waals surface area (Å²) >= 11 is 0. The number of nitrogens with zero attached hydrogens (tertiary/aromatic N) is 1. The highest BCUT2D eigenvalue weighted by Crippen LogP contribution is 2.20. The predicted octanol–water partition coefficient (Wildman–Crippen LogP) is 1.07. The molecule has 1 fully saturated rings. The topological polar surface area (TPSA) is 37.4 Å². The molecule has 4 heteroatoms. The Morgan fingerprint density at radius 1 is 1.36 bits per heavy atom. The lowest BCUT2D eigenvalue weighted by Gasteiger charge is -2.32. The lowest BCUT2D eigenvalue weighted by atomic mass is 10.1. The third-order valence-corrected chi connectivity index (χ3v) is 4.43. The molecule has 1 atom stereocenters. The Bertz CT molecular complexity index is 327. The molecule has 0 bridgehead atoms. The van der Waals surface area contributed by atoms with Crippen LogP contribution in [0.2, 0.25) is 0 Å². The number of hydrogen-bond acceptors (Lipinski definition) is 2. The van der Waals surface area contributed by atoms with E-state index < -0.39 is 10.0 Å². The first-order valence-corrected chi connectivity index (χ1v) is 6.55. The second kappa shape index (κ2) is 4.33. The van der Waals surface area contributed by atoms with Crippen LogP contribution in [0.25, 0.3) is 0 Å². The number of terminal acetylenes is 1. The molecule has 0 amide bonds. The van der Waals surface area contributed by atoms with Gasteiger partial charge < -0.3 is 0 Å². The summed E-state index contributed by atoms with van der Waals surface area (Å²) in [5, 5.41) is 0. The summed E-state index contributed by atoms with van der Waals surface area (Å²) < 4.78 is 24.9. The molecule has 0 saturated carbocycles. The van der Waals surface area contributed by atoms with Gasteiger partial charge in [0.15, 0.2) is 0 Å². The molecule has 14 heavy (non-hydrogen) atoms. The standard InChI is InChI=1S/C10H17NO2S/c1-4-10(9(2)3)11-7-5-6-8-14(11,12)13/h1,9-10H,5-8H2,2-3H3. The molecule has 1 aliphatic rings. The smallest absolute Gasteiger partial charge is 0.212 e. The van der Waals surface area contributed by atoms with Gasteiger partial charge in [-0.25, -0.2) is 8.42 Å². The summed E-state index contributed by atoms with van der Waals surface area (Å²) in [6.07, 6.45) is 7.05. The average molecular weight is 215 g/mol. The van der Waals surface area contributed by atoms with Crippen LogP contribution in [-0.2, 0) is 10.0 Å². The van der Waals surface area contributed by atoms with Crippen molar-refractivity contribution in [2.75, 3.05) is 12.3 Å². The zero-order valence-electron chi connectivity index (χ0n) is 8.73. The fourth-order valence-corrected chi connectivity index (χ4v) is 3.59. The van der Waals surface area contributed by atoms with E-state index in [0.717, 1.165) is 12.8 Å². The zero-order chi connectivity index (χ0) is 10.8. The van der Waals surface area contributed by atoms with Crippen molar-refractivity contribution in [1.82, 2.24) is 4.31 Å². The first-order chi connectivity index (χ1) is 6.49. The Labute approximate surface area is 86.5 Å². The SMILES string of the molecule is C#CC(C(C)C)N1CCCCS1(=O)=O. The van der Waals surface area contributed by atoms with E-state index in [1.165, 1.54) is 4.31 Å². The fourth-order valence-electron chi connectivity index (χ4n) is 1.73. The largest absolute Gasteiger partial charge is 0.215 e. The van der Waals surface area contributed by atoms with E-state index >= 15 is 0 Å². The molecule has 0 N–H and O–H groups in total. The van der Waals surface area contributed by atoms with Gasteiger partial charge in [-0.1, -0.05) is 19.8 Å². The first-order valence-electron chi connectivity index (χ1n) is 4.94. The summed E-state index contributed by atoms with van der Waals surface area (Å²) in [6, 6.07) is -0.278. The van der Waals surface area contributed by atoms with Crippen molar-refractivity contribution in [3.63, 3.8) is 0 Å². The van der Waals surface area contributed by atoms with Crippen molar-refractivity contribution in [3.05, 3.63) is 0 Å². The van der Waals surface area contributed by atoms with Gasteiger partial charge in [0.05, 0.1) is 11.8 Å². The van der Waals surface area contributed by atoms with Crippen LogP contribution in [-0.4, -0.2) is 31.1 Å². The molecule has 0 radical (unpaired) electrons. The molecule has 1 heterocycles. The molecule has 1 saturated heterocycles. The Balaban J connectivity index is 2.90. The molecule has 1 rings (SSSR count). The minimum Gasteiger partial charge on any atom is -0.212 e. The second-order valence-corrected chi connectivity index (χ2v) is 6.03. The van der Waals surface area contributed by atoms with E-state index in [4.69, 9.17) is 6.42 Å². The highest BCUT2D eigenvalue weighted by Gasteiger charge is 2.32. The van der Waals surface area contributed by atoms with Crippen molar-refractivity contribution in [2.45, 2.75) is 32.7 Å². The van der Waals surface area contributed by atoms with E-state index in [1.54, 1.807) is 0 Å². The van der Waals surface area contributed by atoms with Gasteiger partial charge in [0, 0.05) is 6.54 Å². The maximum atomic E-state index is 11.7. The summed E-state index contributed by atoms with van der Waals surface area (Å²) in [4.78, 5) is 0. The lowest BCUT2D eigenvalue weighted by molar-refractivity contribution is 0.296. The van der Waals surface area contributed by atoms with Gasteiger partial charge in [-0.3, -0.25) is 0 Å². The number of sulfonamides is 1. The molecule has 0 aliphatic carbocycles. The highest BCUT2D eigenvalue weighted by atomic mass is 32.2. The fraction of sp³-hybridized carbons (Fsp3) is 0.800. The molecule has 0 spiro atoms. The van der Waals surface area contributed by atoms with E-state index in [1.807, 2.05) is 13.8 Å². The van der Waals surface area contributed by atoms with Gasteiger partial charge in [0.25, 0.3) is 0 Å². The molecule has 1 unspecified atom stereocenters. The third-order valence-electron chi connectivity index (χ3n) is 2.50. The van der Waals surface area contributed by atoms with Crippen LogP contribution in [0.4, 0.5) is 0 Å². The monoisotopic (exact) mass is 215 g/mol. The number of rotatable bonds is 2. The Hall–Kier alpha value is -0.530. The van der Waals surface area contributed by atoms with Gasteiger partial charge in [-0.15, -0.1) is 6.42 Å². The minimum absolute atomic E-state index is 0.174. The van der Waals surface area contributed by atoms with Gasteiger partial charge in [-0.05, 0) is 18.8 Å². The summed E-state index contributed by atoms with van der Waals surface area (Å²) in [6.45, 7) is 4.48. The van der Waals surface area contributed by atoms with E-state index in [2.05, 4.69) is 5.92 Å². The van der Waals surface area contributed by atoms with Crippen LogP contribution >= 0.6 is 0 Å². The molecule has 0 aromatic rings. The molecule has 1 aliphatic heterocycles. The van der Waals surface area contributed by atoms with Gasteiger partial charge in [0.2, 0.25) is 10.0 Å². The van der Waals surface area contributed by atoms with Gasteiger partial charge in [-0.2, -0.15) is 4.31 Å². The van der Waals surface area contributed by atoms with Crippen molar-refractivity contribution < 1.29 is 8.42 Å². The second-order valence-electron chi connectivity index (χ2n) is 3.99. The maximum Gasteiger partial charge on any atom is 0.215 e. The molecule has 80 valence electrons. The molecular weight excluding hydrogens is 198 g/mol. The first kappa shape index (κ1) is 11.5. The Morgan fingerprint density at radius 2 is 2.00 bits per heavy atom. The minimum atomic E-state index is -3.09. The van der Waals surface area contributed by atoms with Crippen molar-refractivity contribution in [1.29, 1.82) is 0 Å². The highest BCUT2D eigenvalue weighted by molar-refractivity contribution is 7.89. The summed E-state index contributed by atoms with van der Waals surface area (Å²) in [7, 11) is -3.09. The van der Waals surface area contributed by atoms with Crippen LogP contribution in [0.3, 0.4) is 0 Å². The van der Waals surface area contributed by atoms with Crippen LogP contribution in [0.1, 0.15) is 26.7 Å². The quantitative estimate of drug-likeness (QED) is 0.646. The Kier molecular flexibility index (Phi) is 3.57. The van der Waals surface area contributed by atoms with Crippen LogP contribution in [0, 0.1) is 18.3 Å². The molecular formula is C10H17NO2S. The van der Waals surface area contributed by atoms with Gasteiger partial charge >= 0.3 is 0 Å². The maximum absolute atomic E-state index is 11.7. The van der Waals surface area contributed by atoms with E-state index in [0.29, 0.717) is 6.54 Å². The molecule has 0 aromatic heterocycles. The van der Waals surface area contributed by atoms with Crippen molar-refractivity contribution >= 4 is 10.0 Å². The summed E-state index contributed by atoms with van der Waals surface area (Å²) in [5.41, 5.74) is 0. The third kappa shape index (κ3) is 2.28.